The highest BCUT2D eigenvalue weighted by Gasteiger charge is 2.33. The van der Waals surface area contributed by atoms with E-state index in [-0.39, 0.29) is 0 Å². The van der Waals surface area contributed by atoms with Crippen LogP contribution < -0.4 is 0 Å². The molecule has 1 heteroatoms. The van der Waals surface area contributed by atoms with Crippen molar-refractivity contribution in [1.29, 1.82) is 0 Å². The van der Waals surface area contributed by atoms with Gasteiger partial charge < -0.3 is 0 Å². The van der Waals surface area contributed by atoms with E-state index < -0.39 is 8.07 Å². The third kappa shape index (κ3) is 2.82. The van der Waals surface area contributed by atoms with E-state index in [0.29, 0.717) is 5.92 Å². The van der Waals surface area contributed by atoms with Gasteiger partial charge >= 0.3 is 0 Å². The van der Waals surface area contributed by atoms with Crippen LogP contribution in [0.3, 0.4) is 0 Å². The van der Waals surface area contributed by atoms with Crippen LogP contribution in [0, 0.1) is 0 Å². The van der Waals surface area contributed by atoms with E-state index in [1.165, 1.54) is 29.5 Å². The molecule has 0 fully saturated rings. The lowest BCUT2D eigenvalue weighted by atomic mass is 9.93. The Balaban J connectivity index is 1.55. The molecule has 0 bridgehead atoms. The number of benzene rings is 2. The predicted octanol–water partition coefficient (Wildman–Crippen LogP) is 6.46. The summed E-state index contributed by atoms with van der Waals surface area (Å²) >= 11 is 0. The van der Waals surface area contributed by atoms with E-state index in [1.807, 2.05) is 0 Å². The molecule has 1 unspecified atom stereocenters. The second-order valence-corrected chi connectivity index (χ2v) is 13.3. The van der Waals surface area contributed by atoms with Gasteiger partial charge in [-0.3, -0.25) is 0 Å². The van der Waals surface area contributed by atoms with Crippen LogP contribution in [0.15, 0.2) is 59.3 Å². The van der Waals surface area contributed by atoms with Crippen LogP contribution in [0.5, 0.6) is 0 Å². The lowest BCUT2D eigenvalue weighted by Crippen LogP contribution is -2.26. The molecular formula is C23H26Si. The third-order valence-corrected chi connectivity index (χ3v) is 7.74. The molecule has 0 radical (unpaired) electrons. The van der Waals surface area contributed by atoms with Gasteiger partial charge in [-0.1, -0.05) is 91.1 Å². The fourth-order valence-electron chi connectivity index (χ4n) is 4.29. The minimum Gasteiger partial charge on any atom is -0.0731 e. The Labute approximate surface area is 146 Å². The SMILES string of the molecule is C[Si](C)(C)C1=Cc2ccccc2C1CCC1=Cc2ccccc2C1. The Kier molecular flexibility index (Phi) is 3.84. The summed E-state index contributed by atoms with van der Waals surface area (Å²) in [6.07, 6.45) is 8.55. The Morgan fingerprint density at radius 2 is 1.58 bits per heavy atom. The average molecular weight is 331 g/mol. The zero-order valence-electron chi connectivity index (χ0n) is 15.0. The molecule has 0 aromatic heterocycles. The first-order chi connectivity index (χ1) is 11.5. The Hall–Kier alpha value is -1.86. The molecule has 0 saturated heterocycles. The zero-order valence-corrected chi connectivity index (χ0v) is 16.0. The van der Waals surface area contributed by atoms with Crippen LogP contribution >= 0.6 is 0 Å². The number of allylic oxidation sites excluding steroid dienone is 2. The quantitative estimate of drug-likeness (QED) is 0.564. The first kappa shape index (κ1) is 15.7. The van der Waals surface area contributed by atoms with Gasteiger partial charge in [-0.25, -0.2) is 0 Å². The van der Waals surface area contributed by atoms with Crippen LogP contribution in [-0.4, -0.2) is 8.07 Å². The first-order valence-electron chi connectivity index (χ1n) is 9.11. The number of hydrogen-bond acceptors (Lipinski definition) is 0. The summed E-state index contributed by atoms with van der Waals surface area (Å²) in [6.45, 7) is 7.47. The Bertz CT molecular complexity index is 833. The molecule has 1 atom stereocenters. The average Bonchev–Trinajstić information content (AvgIpc) is 3.13. The van der Waals surface area contributed by atoms with Crippen molar-refractivity contribution in [3.05, 3.63) is 81.6 Å². The van der Waals surface area contributed by atoms with Gasteiger partial charge in [0.1, 0.15) is 0 Å². The smallest absolute Gasteiger partial charge is 0.0731 e. The largest absolute Gasteiger partial charge is 0.0732 e. The van der Waals surface area contributed by atoms with Crippen LogP contribution in [-0.2, 0) is 6.42 Å². The predicted molar refractivity (Wildman–Crippen MR) is 108 cm³/mol. The summed E-state index contributed by atoms with van der Waals surface area (Å²) in [6, 6.07) is 17.9. The molecule has 2 aliphatic rings. The summed E-state index contributed by atoms with van der Waals surface area (Å²) in [5.74, 6) is 0.637. The summed E-state index contributed by atoms with van der Waals surface area (Å²) in [7, 11) is -1.28. The van der Waals surface area contributed by atoms with Gasteiger partial charge in [-0.05, 0) is 41.5 Å². The molecule has 0 aliphatic heterocycles. The van der Waals surface area contributed by atoms with E-state index >= 15 is 0 Å². The maximum Gasteiger partial charge on any atom is 0.0732 e. The van der Waals surface area contributed by atoms with Gasteiger partial charge in [0.25, 0.3) is 0 Å². The van der Waals surface area contributed by atoms with Gasteiger partial charge in [0.05, 0.1) is 8.07 Å². The Morgan fingerprint density at radius 1 is 0.875 bits per heavy atom. The summed E-state index contributed by atoms with van der Waals surface area (Å²) in [5, 5.41) is 1.74. The zero-order chi connectivity index (χ0) is 16.7. The van der Waals surface area contributed by atoms with Crippen molar-refractivity contribution in [3.8, 4) is 0 Å². The van der Waals surface area contributed by atoms with Crippen LogP contribution in [0.2, 0.25) is 19.6 Å². The molecule has 0 heterocycles. The topological polar surface area (TPSA) is 0 Å². The molecular weight excluding hydrogens is 304 g/mol. The standard InChI is InChI=1S/C23H26Si/c1-24(2,3)23-16-20-10-6-7-11-21(20)22(23)13-12-17-14-18-8-4-5-9-19(18)15-17/h4-11,14,16,22H,12-13,15H2,1-3H3. The summed E-state index contributed by atoms with van der Waals surface area (Å²) in [4.78, 5) is 0. The van der Waals surface area contributed by atoms with Gasteiger partial charge in [0.2, 0.25) is 0 Å². The van der Waals surface area contributed by atoms with Crippen molar-refractivity contribution in [2.75, 3.05) is 0 Å². The third-order valence-electron chi connectivity index (χ3n) is 5.51. The molecule has 122 valence electrons. The number of hydrogen-bond donors (Lipinski definition) is 0. The van der Waals surface area contributed by atoms with Gasteiger partial charge in [0.15, 0.2) is 0 Å². The minimum absolute atomic E-state index is 0.637. The second kappa shape index (κ2) is 5.89. The maximum atomic E-state index is 2.50. The molecule has 0 saturated carbocycles. The number of fused-ring (bicyclic) bond motifs is 2. The summed E-state index contributed by atoms with van der Waals surface area (Å²) in [5.41, 5.74) is 7.56. The molecule has 2 aromatic rings. The van der Waals surface area contributed by atoms with E-state index in [1.54, 1.807) is 16.3 Å². The highest BCUT2D eigenvalue weighted by molar-refractivity contribution is 6.84. The van der Waals surface area contributed by atoms with Crippen LogP contribution in [0.4, 0.5) is 0 Å². The monoisotopic (exact) mass is 330 g/mol. The van der Waals surface area contributed by atoms with E-state index in [9.17, 15) is 0 Å². The van der Waals surface area contributed by atoms with Crippen LogP contribution in [0.25, 0.3) is 12.2 Å². The van der Waals surface area contributed by atoms with Crippen LogP contribution in [0.1, 0.15) is 41.0 Å². The molecule has 0 amide bonds. The maximum absolute atomic E-state index is 2.50. The minimum atomic E-state index is -1.28. The molecule has 2 aliphatic carbocycles. The number of rotatable bonds is 4. The first-order valence-corrected chi connectivity index (χ1v) is 12.6. The van der Waals surface area contributed by atoms with Crippen molar-refractivity contribution in [3.63, 3.8) is 0 Å². The molecule has 2 aromatic carbocycles. The molecule has 4 rings (SSSR count). The fraction of sp³-hybridized carbons (Fsp3) is 0.304. The van der Waals surface area contributed by atoms with Crippen molar-refractivity contribution in [1.82, 2.24) is 0 Å². The van der Waals surface area contributed by atoms with Crippen molar-refractivity contribution in [2.24, 2.45) is 0 Å². The van der Waals surface area contributed by atoms with Gasteiger partial charge in [-0.15, -0.1) is 0 Å². The highest BCUT2D eigenvalue weighted by Crippen LogP contribution is 2.44. The fourth-order valence-corrected chi connectivity index (χ4v) is 6.22. The highest BCUT2D eigenvalue weighted by atomic mass is 28.3. The summed E-state index contributed by atoms with van der Waals surface area (Å²) < 4.78 is 0. The van der Waals surface area contributed by atoms with E-state index in [2.05, 4.69) is 80.3 Å². The molecule has 0 nitrogen and oxygen atoms in total. The van der Waals surface area contributed by atoms with E-state index in [4.69, 9.17) is 0 Å². The lowest BCUT2D eigenvalue weighted by molar-refractivity contribution is 0.721. The van der Waals surface area contributed by atoms with Gasteiger partial charge in [0, 0.05) is 5.92 Å². The van der Waals surface area contributed by atoms with Gasteiger partial charge in [-0.2, -0.15) is 0 Å². The van der Waals surface area contributed by atoms with Crippen molar-refractivity contribution in [2.45, 2.75) is 44.8 Å². The lowest BCUT2D eigenvalue weighted by Gasteiger charge is -2.26. The van der Waals surface area contributed by atoms with Crippen molar-refractivity contribution >= 4 is 20.2 Å². The second-order valence-electron chi connectivity index (χ2n) is 8.25. The molecule has 24 heavy (non-hydrogen) atoms. The normalized spacial score (nSPS) is 18.9. The molecule has 0 spiro atoms. The van der Waals surface area contributed by atoms with E-state index in [0.717, 1.165) is 6.42 Å². The Morgan fingerprint density at radius 3 is 2.33 bits per heavy atom. The van der Waals surface area contributed by atoms with Crippen molar-refractivity contribution < 1.29 is 0 Å². The molecule has 0 N–H and O–H groups in total.